The van der Waals surface area contributed by atoms with Gasteiger partial charge in [-0.3, -0.25) is 19.4 Å². The Kier molecular flexibility index (Phi) is 4.60. The zero-order valence-corrected chi connectivity index (χ0v) is 16.8. The predicted molar refractivity (Wildman–Crippen MR) is 108 cm³/mol. The van der Waals surface area contributed by atoms with Crippen LogP contribution in [0.25, 0.3) is 0 Å². The van der Waals surface area contributed by atoms with Crippen molar-refractivity contribution in [2.24, 2.45) is 16.6 Å². The van der Waals surface area contributed by atoms with E-state index in [1.807, 2.05) is 4.58 Å². The van der Waals surface area contributed by atoms with Crippen molar-refractivity contribution in [2.75, 3.05) is 31.6 Å². The standard InChI is InChI=1S/C20H24N6O3/c1-4-13-5-7-14(8-6-13)24-9-12(2)10-25-16-17(22-19(24)25)23(3)20(29)26(18(16)28)11-15(21)27/h5-8,12,16H,4,9-11H2,1-3H3,(H-,21,27)/p+1. The molecule has 2 unspecified atom stereocenters. The SMILES string of the molecule is CCc1ccc(N2CC(C)C[N+]3=C2N=C2C3C(=O)N(CC(N)=O)C(=O)N2C)cc1. The first kappa shape index (κ1) is 19.1. The van der Waals surface area contributed by atoms with Crippen molar-refractivity contribution in [3.63, 3.8) is 0 Å². The van der Waals surface area contributed by atoms with E-state index in [4.69, 9.17) is 5.73 Å². The van der Waals surface area contributed by atoms with Gasteiger partial charge in [0.2, 0.25) is 17.8 Å². The fraction of sp³-hybridized carbons (Fsp3) is 0.450. The van der Waals surface area contributed by atoms with Gasteiger partial charge in [0.25, 0.3) is 5.91 Å². The lowest BCUT2D eigenvalue weighted by atomic mass is 10.1. The van der Waals surface area contributed by atoms with E-state index in [1.165, 1.54) is 10.5 Å². The number of rotatable bonds is 4. The minimum atomic E-state index is -0.729. The summed E-state index contributed by atoms with van der Waals surface area (Å²) in [6.07, 6.45) is 0.959. The summed E-state index contributed by atoms with van der Waals surface area (Å²) in [6.45, 7) is 5.18. The van der Waals surface area contributed by atoms with Crippen molar-refractivity contribution in [2.45, 2.75) is 26.3 Å². The molecule has 3 aliphatic rings. The van der Waals surface area contributed by atoms with Crippen LogP contribution in [0.5, 0.6) is 0 Å². The lowest BCUT2D eigenvalue weighted by Gasteiger charge is -2.34. The third-order valence-electron chi connectivity index (χ3n) is 5.60. The molecule has 0 saturated carbocycles. The van der Waals surface area contributed by atoms with Crippen LogP contribution in [0.4, 0.5) is 10.5 Å². The lowest BCUT2D eigenvalue weighted by Crippen LogP contribution is -2.64. The molecule has 9 heteroatoms. The van der Waals surface area contributed by atoms with E-state index in [-0.39, 0.29) is 5.92 Å². The highest BCUT2D eigenvalue weighted by atomic mass is 16.2. The number of amides is 4. The molecule has 1 fully saturated rings. The summed E-state index contributed by atoms with van der Waals surface area (Å²) < 4.78 is 1.93. The summed E-state index contributed by atoms with van der Waals surface area (Å²) in [5.41, 5.74) is 7.48. The highest BCUT2D eigenvalue weighted by Crippen LogP contribution is 2.28. The summed E-state index contributed by atoms with van der Waals surface area (Å²) in [4.78, 5) is 46.1. The number of carbonyl (C=O) groups excluding carboxylic acids is 3. The Morgan fingerprint density at radius 2 is 1.97 bits per heavy atom. The van der Waals surface area contributed by atoms with Crippen LogP contribution in [0.1, 0.15) is 19.4 Å². The van der Waals surface area contributed by atoms with E-state index >= 15 is 0 Å². The van der Waals surface area contributed by atoms with Crippen LogP contribution >= 0.6 is 0 Å². The number of hydrogen-bond acceptors (Lipinski definition) is 5. The number of aryl methyl sites for hydroxylation is 1. The minimum Gasteiger partial charge on any atom is -0.368 e. The van der Waals surface area contributed by atoms with E-state index in [0.29, 0.717) is 18.3 Å². The quantitative estimate of drug-likeness (QED) is 0.735. The van der Waals surface area contributed by atoms with Gasteiger partial charge < -0.3 is 5.73 Å². The molecule has 4 rings (SSSR count). The monoisotopic (exact) mass is 397 g/mol. The Hall–Kier alpha value is -3.23. The Labute approximate surface area is 169 Å². The molecule has 29 heavy (non-hydrogen) atoms. The zero-order valence-electron chi connectivity index (χ0n) is 16.8. The topological polar surface area (TPSA) is 102 Å². The molecule has 4 amide bonds. The van der Waals surface area contributed by atoms with Gasteiger partial charge in [-0.1, -0.05) is 31.0 Å². The van der Waals surface area contributed by atoms with Crippen LogP contribution in [0.3, 0.4) is 0 Å². The highest BCUT2D eigenvalue weighted by Gasteiger charge is 2.55. The Balaban J connectivity index is 1.75. The number of nitrogens with zero attached hydrogens (tertiary/aromatic N) is 5. The van der Waals surface area contributed by atoms with Gasteiger partial charge in [-0.25, -0.2) is 14.3 Å². The molecule has 2 atom stereocenters. The predicted octanol–water partition coefficient (Wildman–Crippen LogP) is 0.234. The van der Waals surface area contributed by atoms with Gasteiger partial charge in [-0.2, -0.15) is 0 Å². The minimum absolute atomic E-state index is 0.277. The lowest BCUT2D eigenvalue weighted by molar-refractivity contribution is -0.545. The molecule has 0 aliphatic carbocycles. The number of hydrogen-bond donors (Lipinski definition) is 1. The van der Waals surface area contributed by atoms with E-state index in [9.17, 15) is 14.4 Å². The number of benzene rings is 1. The number of amidine groups is 1. The van der Waals surface area contributed by atoms with Crippen LogP contribution in [0, 0.1) is 5.92 Å². The molecule has 0 aromatic heterocycles. The Bertz CT molecular complexity index is 951. The summed E-state index contributed by atoms with van der Waals surface area (Å²) in [5.74, 6) is 0.129. The molecule has 1 aromatic rings. The maximum absolute atomic E-state index is 13.1. The zero-order chi connectivity index (χ0) is 20.9. The number of urea groups is 1. The second-order valence-electron chi connectivity index (χ2n) is 7.79. The largest absolute Gasteiger partial charge is 0.397 e. The number of likely N-dealkylation sites (N-methyl/N-ethyl adjacent to an activating group) is 1. The molecule has 1 aromatic carbocycles. The Morgan fingerprint density at radius 3 is 2.59 bits per heavy atom. The fourth-order valence-corrected chi connectivity index (χ4v) is 4.13. The van der Waals surface area contributed by atoms with Crippen molar-refractivity contribution in [3.05, 3.63) is 29.8 Å². The van der Waals surface area contributed by atoms with Gasteiger partial charge in [0.05, 0.1) is 13.1 Å². The molecule has 3 heterocycles. The molecular weight excluding hydrogens is 372 g/mol. The van der Waals surface area contributed by atoms with E-state index in [1.54, 1.807) is 7.05 Å². The number of aliphatic imine (C=N–C) groups is 1. The third kappa shape index (κ3) is 3.06. The van der Waals surface area contributed by atoms with E-state index in [0.717, 1.165) is 23.6 Å². The van der Waals surface area contributed by atoms with Crippen LogP contribution in [0.15, 0.2) is 29.3 Å². The number of fused-ring (bicyclic) bond motifs is 2. The van der Waals surface area contributed by atoms with Crippen molar-refractivity contribution in [1.29, 1.82) is 0 Å². The number of carbonyl (C=O) groups is 3. The van der Waals surface area contributed by atoms with Crippen LogP contribution in [-0.4, -0.2) is 76.7 Å². The number of primary amides is 1. The summed E-state index contributed by atoms with van der Waals surface area (Å²) >= 11 is 0. The third-order valence-corrected chi connectivity index (χ3v) is 5.60. The second-order valence-corrected chi connectivity index (χ2v) is 7.79. The second kappa shape index (κ2) is 6.98. The van der Waals surface area contributed by atoms with Crippen molar-refractivity contribution >= 4 is 35.3 Å². The number of imide groups is 1. The molecular formula is C20H25N6O3+. The highest BCUT2D eigenvalue weighted by molar-refractivity contribution is 6.24. The van der Waals surface area contributed by atoms with Gasteiger partial charge in [-0.05, 0) is 24.1 Å². The first-order valence-corrected chi connectivity index (χ1v) is 9.77. The maximum Gasteiger partial charge on any atom is 0.397 e. The molecule has 2 N–H and O–H groups in total. The fourth-order valence-electron chi connectivity index (χ4n) is 4.13. The molecule has 0 bridgehead atoms. The molecule has 0 spiro atoms. The average molecular weight is 397 g/mol. The van der Waals surface area contributed by atoms with Crippen molar-refractivity contribution < 1.29 is 19.0 Å². The van der Waals surface area contributed by atoms with Gasteiger partial charge in [0, 0.05) is 13.0 Å². The maximum atomic E-state index is 13.1. The number of nitrogens with two attached hydrogens (primary N) is 1. The van der Waals surface area contributed by atoms with E-state index in [2.05, 4.69) is 48.0 Å². The van der Waals surface area contributed by atoms with Gasteiger partial charge in [-0.15, -0.1) is 0 Å². The number of anilines is 1. The summed E-state index contributed by atoms with van der Waals surface area (Å²) in [6, 6.07) is 6.97. The average Bonchev–Trinajstić information content (AvgIpc) is 3.08. The first-order valence-electron chi connectivity index (χ1n) is 9.77. The van der Waals surface area contributed by atoms with Crippen LogP contribution in [-0.2, 0) is 16.0 Å². The molecule has 152 valence electrons. The molecule has 1 saturated heterocycles. The summed E-state index contributed by atoms with van der Waals surface area (Å²) in [5, 5.41) is 0. The molecule has 3 aliphatic heterocycles. The van der Waals surface area contributed by atoms with Gasteiger partial charge >= 0.3 is 12.0 Å². The van der Waals surface area contributed by atoms with Gasteiger partial charge in [0.15, 0.2) is 0 Å². The van der Waals surface area contributed by atoms with Crippen molar-refractivity contribution in [1.82, 2.24) is 9.80 Å². The van der Waals surface area contributed by atoms with Crippen molar-refractivity contribution in [3.8, 4) is 0 Å². The Morgan fingerprint density at radius 1 is 1.28 bits per heavy atom. The molecule has 9 nitrogen and oxygen atoms in total. The van der Waals surface area contributed by atoms with Crippen LogP contribution < -0.4 is 10.6 Å². The van der Waals surface area contributed by atoms with Crippen LogP contribution in [0.2, 0.25) is 0 Å². The molecule has 0 radical (unpaired) electrons. The van der Waals surface area contributed by atoms with E-state index < -0.39 is 30.4 Å². The smallest absolute Gasteiger partial charge is 0.368 e. The number of guanidine groups is 1. The first-order chi connectivity index (χ1) is 13.8. The van der Waals surface area contributed by atoms with Gasteiger partial charge in [0.1, 0.15) is 12.2 Å². The summed E-state index contributed by atoms with van der Waals surface area (Å²) in [7, 11) is 1.57. The normalized spacial score (nSPS) is 24.0.